The summed E-state index contributed by atoms with van der Waals surface area (Å²) < 4.78 is 1.56. The zero-order valence-electron chi connectivity index (χ0n) is 12.9. The Morgan fingerprint density at radius 2 is 2.18 bits per heavy atom. The van der Waals surface area contributed by atoms with Gasteiger partial charge in [0.2, 0.25) is 0 Å². The van der Waals surface area contributed by atoms with E-state index >= 15 is 0 Å². The average Bonchev–Trinajstić information content (AvgIpc) is 2.50. The second kappa shape index (κ2) is 6.13. The summed E-state index contributed by atoms with van der Waals surface area (Å²) in [6.07, 6.45) is 6.97. The maximum absolute atomic E-state index is 12.2. The Labute approximate surface area is 129 Å². The Bertz CT molecular complexity index is 713. The van der Waals surface area contributed by atoms with Gasteiger partial charge in [-0.05, 0) is 19.8 Å². The van der Waals surface area contributed by atoms with Crippen molar-refractivity contribution in [1.82, 2.24) is 19.5 Å². The first-order valence-electron chi connectivity index (χ1n) is 7.45. The molecule has 0 aliphatic carbocycles. The molecule has 0 bridgehead atoms. The fraction of sp³-hybridized carbons (Fsp3) is 0.467. The largest absolute Gasteiger partial charge is 0.365 e. The third-order valence-electron chi connectivity index (χ3n) is 3.88. The Morgan fingerprint density at radius 3 is 3.00 bits per heavy atom. The van der Waals surface area contributed by atoms with E-state index < -0.39 is 0 Å². The average molecular weight is 300 g/mol. The van der Waals surface area contributed by atoms with Gasteiger partial charge in [-0.15, -0.1) is 0 Å². The molecule has 1 atom stereocenters. The Morgan fingerprint density at radius 1 is 1.32 bits per heavy atom. The van der Waals surface area contributed by atoms with Crippen molar-refractivity contribution in [3.05, 3.63) is 40.8 Å². The minimum absolute atomic E-state index is 0.0546. The molecule has 0 radical (unpaired) electrons. The Hall–Kier alpha value is -2.44. The van der Waals surface area contributed by atoms with Crippen LogP contribution in [0.25, 0.3) is 0 Å². The van der Waals surface area contributed by atoms with Gasteiger partial charge in [-0.3, -0.25) is 4.79 Å². The quantitative estimate of drug-likeness (QED) is 0.910. The summed E-state index contributed by atoms with van der Waals surface area (Å²) in [7, 11) is 1.75. The lowest BCUT2D eigenvalue weighted by molar-refractivity contribution is 0.522. The van der Waals surface area contributed by atoms with Crippen molar-refractivity contribution in [2.45, 2.75) is 25.8 Å². The van der Waals surface area contributed by atoms with Gasteiger partial charge in [-0.1, -0.05) is 0 Å². The first kappa shape index (κ1) is 14.5. The van der Waals surface area contributed by atoms with E-state index in [1.807, 2.05) is 13.0 Å². The second-order valence-electron chi connectivity index (χ2n) is 5.64. The van der Waals surface area contributed by atoms with Crippen LogP contribution < -0.4 is 15.8 Å². The van der Waals surface area contributed by atoms with E-state index in [0.717, 1.165) is 37.4 Å². The second-order valence-corrected chi connectivity index (χ2v) is 5.64. The van der Waals surface area contributed by atoms with Crippen LogP contribution >= 0.6 is 0 Å². The number of anilines is 2. The summed E-state index contributed by atoms with van der Waals surface area (Å²) in [5.74, 6) is 1.35. The molecule has 3 rings (SSSR count). The van der Waals surface area contributed by atoms with E-state index in [0.29, 0.717) is 5.82 Å². The highest BCUT2D eigenvalue weighted by Gasteiger charge is 2.23. The minimum Gasteiger partial charge on any atom is -0.365 e. The summed E-state index contributed by atoms with van der Waals surface area (Å²) in [5.41, 5.74) is 0.879. The maximum atomic E-state index is 12.2. The van der Waals surface area contributed by atoms with Crippen molar-refractivity contribution >= 4 is 11.6 Å². The zero-order chi connectivity index (χ0) is 15.5. The van der Waals surface area contributed by atoms with Gasteiger partial charge in [0.15, 0.2) is 5.82 Å². The molecule has 1 saturated heterocycles. The first-order valence-corrected chi connectivity index (χ1v) is 7.45. The van der Waals surface area contributed by atoms with Gasteiger partial charge in [0.25, 0.3) is 5.56 Å². The van der Waals surface area contributed by atoms with Crippen molar-refractivity contribution in [2.75, 3.05) is 23.3 Å². The predicted molar refractivity (Wildman–Crippen MR) is 85.1 cm³/mol. The van der Waals surface area contributed by atoms with Crippen molar-refractivity contribution < 1.29 is 0 Å². The van der Waals surface area contributed by atoms with Crippen molar-refractivity contribution in [2.24, 2.45) is 7.05 Å². The summed E-state index contributed by atoms with van der Waals surface area (Å²) in [4.78, 5) is 26.8. The third-order valence-corrected chi connectivity index (χ3v) is 3.88. The molecule has 1 fully saturated rings. The number of piperidine rings is 1. The Kier molecular flexibility index (Phi) is 4.04. The van der Waals surface area contributed by atoms with E-state index in [2.05, 4.69) is 25.2 Å². The lowest BCUT2D eigenvalue weighted by atomic mass is 10.1. The molecule has 1 N–H and O–H groups in total. The number of hydrogen-bond acceptors (Lipinski definition) is 6. The standard InChI is InChI=1S/C15H20N6O/c1-11-8-13(18-10-17-11)19-12-4-3-6-21(9-12)14-15(22)20(2)7-5-16-14/h5,7-8,10,12H,3-4,6,9H2,1-2H3,(H,17,18,19). The number of aryl methyl sites for hydroxylation is 2. The van der Waals surface area contributed by atoms with Crippen LogP contribution in [-0.2, 0) is 7.05 Å². The topological polar surface area (TPSA) is 75.9 Å². The molecule has 116 valence electrons. The van der Waals surface area contributed by atoms with Crippen LogP contribution in [0.15, 0.2) is 29.6 Å². The van der Waals surface area contributed by atoms with Crippen LogP contribution in [0.4, 0.5) is 11.6 Å². The van der Waals surface area contributed by atoms with E-state index in [1.165, 1.54) is 0 Å². The number of nitrogens with one attached hydrogen (secondary N) is 1. The van der Waals surface area contributed by atoms with E-state index in [1.54, 1.807) is 30.3 Å². The van der Waals surface area contributed by atoms with Gasteiger partial charge in [0, 0.05) is 50.3 Å². The zero-order valence-corrected chi connectivity index (χ0v) is 12.9. The lowest BCUT2D eigenvalue weighted by Gasteiger charge is -2.33. The molecule has 2 aromatic heterocycles. The molecule has 2 aromatic rings. The van der Waals surface area contributed by atoms with Crippen LogP contribution in [0, 0.1) is 6.92 Å². The highest BCUT2D eigenvalue weighted by molar-refractivity contribution is 5.40. The molecule has 1 aliphatic heterocycles. The van der Waals surface area contributed by atoms with E-state index in [-0.39, 0.29) is 11.6 Å². The van der Waals surface area contributed by atoms with Crippen LogP contribution in [0.3, 0.4) is 0 Å². The van der Waals surface area contributed by atoms with Crippen LogP contribution in [0.1, 0.15) is 18.5 Å². The fourth-order valence-corrected chi connectivity index (χ4v) is 2.73. The molecular weight excluding hydrogens is 280 g/mol. The number of aromatic nitrogens is 4. The SMILES string of the molecule is Cc1cc(NC2CCCN(c3nccn(C)c3=O)C2)ncn1. The van der Waals surface area contributed by atoms with Gasteiger partial charge in [0.1, 0.15) is 12.1 Å². The van der Waals surface area contributed by atoms with Gasteiger partial charge in [-0.25, -0.2) is 15.0 Å². The molecule has 0 spiro atoms. The van der Waals surface area contributed by atoms with Gasteiger partial charge < -0.3 is 14.8 Å². The molecule has 0 aromatic carbocycles. The molecule has 1 unspecified atom stereocenters. The summed E-state index contributed by atoms with van der Waals surface area (Å²) in [5, 5.41) is 3.43. The monoisotopic (exact) mass is 300 g/mol. The van der Waals surface area contributed by atoms with Gasteiger partial charge in [0.05, 0.1) is 0 Å². The summed E-state index contributed by atoms with van der Waals surface area (Å²) in [6, 6.07) is 2.17. The smallest absolute Gasteiger partial charge is 0.293 e. The minimum atomic E-state index is -0.0546. The highest BCUT2D eigenvalue weighted by Crippen LogP contribution is 2.17. The first-order chi connectivity index (χ1) is 10.6. The number of hydrogen-bond donors (Lipinski definition) is 1. The molecule has 1 aliphatic rings. The van der Waals surface area contributed by atoms with E-state index in [9.17, 15) is 4.79 Å². The molecule has 22 heavy (non-hydrogen) atoms. The lowest BCUT2D eigenvalue weighted by Crippen LogP contribution is -2.45. The van der Waals surface area contributed by atoms with Gasteiger partial charge in [-0.2, -0.15) is 0 Å². The normalized spacial score (nSPS) is 18.3. The van der Waals surface area contributed by atoms with Crippen LogP contribution in [0.5, 0.6) is 0 Å². The highest BCUT2D eigenvalue weighted by atomic mass is 16.1. The fourth-order valence-electron chi connectivity index (χ4n) is 2.73. The van der Waals surface area contributed by atoms with Crippen LogP contribution in [-0.4, -0.2) is 38.7 Å². The molecule has 0 saturated carbocycles. The Balaban J connectivity index is 1.74. The number of rotatable bonds is 3. The van der Waals surface area contributed by atoms with Crippen molar-refractivity contribution in [3.8, 4) is 0 Å². The number of nitrogens with zero attached hydrogens (tertiary/aromatic N) is 5. The molecule has 7 nitrogen and oxygen atoms in total. The van der Waals surface area contributed by atoms with Gasteiger partial charge >= 0.3 is 0 Å². The van der Waals surface area contributed by atoms with Crippen molar-refractivity contribution in [1.29, 1.82) is 0 Å². The predicted octanol–water partition coefficient (Wildman–Crippen LogP) is 0.960. The van der Waals surface area contributed by atoms with E-state index in [4.69, 9.17) is 0 Å². The molecular formula is C15H20N6O. The molecule has 3 heterocycles. The summed E-state index contributed by atoms with van der Waals surface area (Å²) >= 11 is 0. The maximum Gasteiger partial charge on any atom is 0.293 e. The van der Waals surface area contributed by atoms with Crippen LogP contribution in [0.2, 0.25) is 0 Å². The third kappa shape index (κ3) is 3.08. The molecule has 7 heteroatoms. The molecule has 0 amide bonds. The summed E-state index contributed by atoms with van der Waals surface area (Å²) in [6.45, 7) is 3.54. The van der Waals surface area contributed by atoms with Crippen molar-refractivity contribution in [3.63, 3.8) is 0 Å².